The fourth-order valence-corrected chi connectivity index (χ4v) is 5.66. The van der Waals surface area contributed by atoms with Gasteiger partial charge in [0.2, 0.25) is 0 Å². The van der Waals surface area contributed by atoms with Gasteiger partial charge in [-0.15, -0.1) is 0 Å². The highest BCUT2D eigenvalue weighted by Gasteiger charge is 2.47. The summed E-state index contributed by atoms with van der Waals surface area (Å²) in [4.78, 5) is 16.6. The van der Waals surface area contributed by atoms with E-state index in [1.807, 2.05) is 0 Å². The molecule has 2 aliphatic rings. The second kappa shape index (κ2) is 6.13. The van der Waals surface area contributed by atoms with Crippen LogP contribution in [0, 0.1) is 0 Å². The van der Waals surface area contributed by atoms with Crippen LogP contribution in [0.25, 0.3) is 0 Å². The fraction of sp³-hybridized carbons (Fsp3) is 0.562. The number of aromatic hydroxyl groups is 1. The molecule has 0 aromatic heterocycles. The van der Waals surface area contributed by atoms with Crippen molar-refractivity contribution >= 4 is 15.7 Å². The van der Waals surface area contributed by atoms with Gasteiger partial charge in [0.15, 0.2) is 9.84 Å². The zero-order valence-electron chi connectivity index (χ0n) is 13.2. The minimum atomic E-state index is -3.12. The lowest BCUT2D eigenvalue weighted by molar-refractivity contribution is 0.0333. The highest BCUT2D eigenvalue weighted by atomic mass is 32.2. The molecule has 1 N–H and O–H groups in total. The van der Waals surface area contributed by atoms with E-state index < -0.39 is 9.84 Å². The van der Waals surface area contributed by atoms with Crippen LogP contribution in [0.15, 0.2) is 24.3 Å². The van der Waals surface area contributed by atoms with Crippen molar-refractivity contribution in [1.82, 2.24) is 9.80 Å². The molecule has 2 fully saturated rings. The number of hydrogen-bond acceptors (Lipinski definition) is 5. The van der Waals surface area contributed by atoms with Gasteiger partial charge in [0.05, 0.1) is 17.5 Å². The molecule has 2 aliphatic heterocycles. The molecule has 2 saturated heterocycles. The van der Waals surface area contributed by atoms with Crippen LogP contribution < -0.4 is 0 Å². The van der Waals surface area contributed by atoms with Crippen LogP contribution in [0.4, 0.5) is 0 Å². The Morgan fingerprint density at radius 3 is 2.70 bits per heavy atom. The van der Waals surface area contributed by atoms with Gasteiger partial charge in [-0.3, -0.25) is 9.69 Å². The number of carbonyl (C=O) groups is 1. The van der Waals surface area contributed by atoms with Crippen molar-refractivity contribution in [1.29, 1.82) is 0 Å². The monoisotopic (exact) mass is 338 g/mol. The Labute approximate surface area is 136 Å². The van der Waals surface area contributed by atoms with Crippen LogP contribution in [0.3, 0.4) is 0 Å². The number of sulfone groups is 1. The first-order valence-corrected chi connectivity index (χ1v) is 9.78. The van der Waals surface area contributed by atoms with Crippen LogP contribution in [-0.2, 0) is 9.84 Å². The van der Waals surface area contributed by atoms with Crippen LogP contribution in [0.2, 0.25) is 0 Å². The number of fused-ring (bicyclic) bond motifs is 1. The molecule has 1 aromatic rings. The van der Waals surface area contributed by atoms with Gasteiger partial charge < -0.3 is 10.0 Å². The van der Waals surface area contributed by atoms with E-state index in [1.54, 1.807) is 17.0 Å². The standard InChI is InChI=1S/C16H22N2O4S/c1-2-6-17-7-8-18(15-11-23(21,22)10-14(15)17)16(20)12-4-3-5-13(19)9-12/h3-5,9,14-15,19H,2,6-8,10-11H2,1H3/t14-,15+/m1/s1. The van der Waals surface area contributed by atoms with Crippen molar-refractivity contribution in [3.63, 3.8) is 0 Å². The molecule has 6 nitrogen and oxygen atoms in total. The van der Waals surface area contributed by atoms with Gasteiger partial charge in [0.25, 0.3) is 5.91 Å². The molecule has 0 bridgehead atoms. The number of phenolic OH excluding ortho intramolecular Hbond substituents is 1. The minimum absolute atomic E-state index is 0.0302. The molecule has 2 atom stereocenters. The lowest BCUT2D eigenvalue weighted by Crippen LogP contribution is -2.60. The summed E-state index contributed by atoms with van der Waals surface area (Å²) >= 11 is 0. The van der Waals surface area contributed by atoms with Crippen molar-refractivity contribution in [2.75, 3.05) is 31.1 Å². The summed E-state index contributed by atoms with van der Waals surface area (Å²) in [6, 6.07) is 5.81. The van der Waals surface area contributed by atoms with Gasteiger partial charge in [0.1, 0.15) is 5.75 Å². The lowest BCUT2D eigenvalue weighted by atomic mass is 10.0. The SMILES string of the molecule is CCCN1CCN(C(=O)c2cccc(O)c2)[C@H]2CS(=O)(=O)C[C@H]21. The Hall–Kier alpha value is -1.60. The van der Waals surface area contributed by atoms with Crippen LogP contribution in [-0.4, -0.2) is 72.5 Å². The first kappa shape index (κ1) is 16.3. The van der Waals surface area contributed by atoms with Crippen molar-refractivity contribution in [3.05, 3.63) is 29.8 Å². The summed E-state index contributed by atoms with van der Waals surface area (Å²) < 4.78 is 24.2. The molecule has 0 spiro atoms. The quantitative estimate of drug-likeness (QED) is 0.879. The molecular weight excluding hydrogens is 316 g/mol. The summed E-state index contributed by atoms with van der Waals surface area (Å²) in [7, 11) is -3.12. The minimum Gasteiger partial charge on any atom is -0.508 e. The molecule has 0 saturated carbocycles. The third-order valence-electron chi connectivity index (χ3n) is 4.66. The zero-order valence-corrected chi connectivity index (χ0v) is 14.0. The van der Waals surface area contributed by atoms with Gasteiger partial charge in [-0.2, -0.15) is 0 Å². The number of phenols is 1. The normalized spacial score (nSPS) is 26.9. The van der Waals surface area contributed by atoms with E-state index in [2.05, 4.69) is 11.8 Å². The van der Waals surface area contributed by atoms with Crippen LogP contribution in [0.1, 0.15) is 23.7 Å². The predicted molar refractivity (Wildman–Crippen MR) is 87.2 cm³/mol. The summed E-state index contributed by atoms with van der Waals surface area (Å²) in [5.41, 5.74) is 0.400. The Morgan fingerprint density at radius 1 is 1.26 bits per heavy atom. The third-order valence-corrected chi connectivity index (χ3v) is 6.35. The van der Waals surface area contributed by atoms with Gasteiger partial charge in [-0.05, 0) is 31.2 Å². The molecule has 0 unspecified atom stereocenters. The molecule has 0 aliphatic carbocycles. The molecule has 0 radical (unpaired) electrons. The van der Waals surface area contributed by atoms with Crippen molar-refractivity contribution in [2.45, 2.75) is 25.4 Å². The van der Waals surface area contributed by atoms with E-state index in [0.717, 1.165) is 13.0 Å². The van der Waals surface area contributed by atoms with Crippen molar-refractivity contribution in [3.8, 4) is 5.75 Å². The molecular formula is C16H22N2O4S. The second-order valence-electron chi connectivity index (χ2n) is 6.30. The molecule has 1 amide bonds. The Balaban J connectivity index is 1.87. The number of nitrogens with zero attached hydrogens (tertiary/aromatic N) is 2. The number of piperazine rings is 1. The summed E-state index contributed by atoms with van der Waals surface area (Å²) in [5, 5.41) is 9.57. The second-order valence-corrected chi connectivity index (χ2v) is 8.45. The first-order valence-electron chi connectivity index (χ1n) is 7.96. The maximum atomic E-state index is 12.8. The Morgan fingerprint density at radius 2 is 2.00 bits per heavy atom. The van der Waals surface area contributed by atoms with E-state index in [1.165, 1.54) is 12.1 Å². The van der Waals surface area contributed by atoms with E-state index in [0.29, 0.717) is 18.7 Å². The molecule has 1 aromatic carbocycles. The summed E-state index contributed by atoms with van der Waals surface area (Å²) in [5.74, 6) is -0.00980. The van der Waals surface area contributed by atoms with E-state index in [9.17, 15) is 18.3 Å². The van der Waals surface area contributed by atoms with Gasteiger partial charge in [-0.1, -0.05) is 13.0 Å². The summed E-state index contributed by atoms with van der Waals surface area (Å²) in [6.45, 7) is 4.13. The number of rotatable bonds is 3. The maximum Gasteiger partial charge on any atom is 0.254 e. The molecule has 23 heavy (non-hydrogen) atoms. The zero-order chi connectivity index (χ0) is 16.6. The van der Waals surface area contributed by atoms with Gasteiger partial charge in [0, 0.05) is 24.7 Å². The fourth-order valence-electron chi connectivity index (χ4n) is 3.65. The third kappa shape index (κ3) is 3.21. The molecule has 2 heterocycles. The number of benzene rings is 1. The highest BCUT2D eigenvalue weighted by Crippen LogP contribution is 2.28. The summed E-state index contributed by atoms with van der Waals surface area (Å²) in [6.07, 6.45) is 0.962. The largest absolute Gasteiger partial charge is 0.508 e. The Bertz CT molecular complexity index is 704. The first-order chi connectivity index (χ1) is 10.9. The maximum absolute atomic E-state index is 12.8. The van der Waals surface area contributed by atoms with Gasteiger partial charge in [-0.25, -0.2) is 8.42 Å². The van der Waals surface area contributed by atoms with E-state index in [-0.39, 0.29) is 35.2 Å². The van der Waals surface area contributed by atoms with Gasteiger partial charge >= 0.3 is 0 Å². The average Bonchev–Trinajstić information content (AvgIpc) is 2.82. The van der Waals surface area contributed by atoms with E-state index in [4.69, 9.17) is 0 Å². The number of carbonyl (C=O) groups excluding carboxylic acids is 1. The number of amides is 1. The van der Waals surface area contributed by atoms with Crippen LogP contribution >= 0.6 is 0 Å². The lowest BCUT2D eigenvalue weighted by Gasteiger charge is -2.43. The van der Waals surface area contributed by atoms with Crippen molar-refractivity contribution in [2.24, 2.45) is 0 Å². The highest BCUT2D eigenvalue weighted by molar-refractivity contribution is 7.91. The molecule has 126 valence electrons. The molecule has 7 heteroatoms. The predicted octanol–water partition coefficient (Wildman–Crippen LogP) is 0.726. The average molecular weight is 338 g/mol. The van der Waals surface area contributed by atoms with E-state index >= 15 is 0 Å². The van der Waals surface area contributed by atoms with Crippen LogP contribution in [0.5, 0.6) is 5.75 Å². The number of hydrogen-bond donors (Lipinski definition) is 1. The van der Waals surface area contributed by atoms with Crippen molar-refractivity contribution < 1.29 is 18.3 Å². The topological polar surface area (TPSA) is 77.9 Å². The molecule has 3 rings (SSSR count). The Kier molecular flexibility index (Phi) is 4.33. The smallest absolute Gasteiger partial charge is 0.254 e.